The van der Waals surface area contributed by atoms with E-state index in [-0.39, 0.29) is 17.9 Å². The fourth-order valence-electron chi connectivity index (χ4n) is 3.59. The number of rotatable bonds is 5. The number of carbonyl (C=O) groups excluding carboxylic acids is 2. The molecule has 2 amide bonds. The first-order chi connectivity index (χ1) is 12.2. The SMILES string of the molecule is COc1ccc(N2CC(NC(=O)CN3CCCCCC3)CC2=O)cc1. The van der Waals surface area contributed by atoms with Crippen molar-refractivity contribution >= 4 is 17.5 Å². The summed E-state index contributed by atoms with van der Waals surface area (Å²) in [6.45, 7) is 2.95. The third kappa shape index (κ3) is 4.72. The smallest absolute Gasteiger partial charge is 0.234 e. The quantitative estimate of drug-likeness (QED) is 0.884. The Morgan fingerprint density at radius 1 is 1.16 bits per heavy atom. The summed E-state index contributed by atoms with van der Waals surface area (Å²) in [5, 5.41) is 3.03. The van der Waals surface area contributed by atoms with Gasteiger partial charge in [0, 0.05) is 18.7 Å². The Bertz CT molecular complexity index is 594. The molecule has 0 radical (unpaired) electrons. The van der Waals surface area contributed by atoms with Crippen LogP contribution in [0.2, 0.25) is 0 Å². The number of nitrogens with zero attached hydrogens (tertiary/aromatic N) is 2. The molecule has 0 spiro atoms. The number of hydrogen-bond donors (Lipinski definition) is 1. The van der Waals surface area contributed by atoms with Crippen molar-refractivity contribution in [3.63, 3.8) is 0 Å². The Balaban J connectivity index is 1.52. The molecule has 6 nitrogen and oxygen atoms in total. The molecule has 0 aliphatic carbocycles. The molecular weight excluding hydrogens is 318 g/mol. The molecule has 1 unspecified atom stereocenters. The number of benzene rings is 1. The Labute approximate surface area is 149 Å². The largest absolute Gasteiger partial charge is 0.497 e. The predicted molar refractivity (Wildman–Crippen MR) is 96.8 cm³/mol. The van der Waals surface area contributed by atoms with Gasteiger partial charge < -0.3 is 15.0 Å². The molecule has 1 N–H and O–H groups in total. The molecule has 1 aromatic carbocycles. The van der Waals surface area contributed by atoms with E-state index in [4.69, 9.17) is 4.74 Å². The molecule has 2 aliphatic heterocycles. The molecule has 2 heterocycles. The zero-order chi connectivity index (χ0) is 17.6. The minimum atomic E-state index is -0.117. The third-order valence-corrected chi connectivity index (χ3v) is 4.94. The Morgan fingerprint density at radius 2 is 1.84 bits per heavy atom. The van der Waals surface area contributed by atoms with Gasteiger partial charge in [0.1, 0.15) is 5.75 Å². The van der Waals surface area contributed by atoms with Crippen molar-refractivity contribution in [1.29, 1.82) is 0 Å². The van der Waals surface area contributed by atoms with Crippen LogP contribution < -0.4 is 15.0 Å². The Kier molecular flexibility index (Phi) is 5.91. The van der Waals surface area contributed by atoms with Crippen LogP contribution in [0.1, 0.15) is 32.1 Å². The number of amides is 2. The molecule has 6 heteroatoms. The minimum absolute atomic E-state index is 0.0243. The molecular formula is C19H27N3O3. The van der Waals surface area contributed by atoms with Gasteiger partial charge in [-0.05, 0) is 50.2 Å². The van der Waals surface area contributed by atoms with E-state index in [0.29, 0.717) is 19.5 Å². The lowest BCUT2D eigenvalue weighted by molar-refractivity contribution is -0.122. The molecule has 2 saturated heterocycles. The van der Waals surface area contributed by atoms with Crippen molar-refractivity contribution < 1.29 is 14.3 Å². The van der Waals surface area contributed by atoms with Crippen LogP contribution in [0.15, 0.2) is 24.3 Å². The molecule has 0 bridgehead atoms. The maximum Gasteiger partial charge on any atom is 0.234 e. The summed E-state index contributed by atoms with van der Waals surface area (Å²) in [5.41, 5.74) is 0.843. The second-order valence-corrected chi connectivity index (χ2v) is 6.86. The maximum absolute atomic E-state index is 12.3. The minimum Gasteiger partial charge on any atom is -0.497 e. The van der Waals surface area contributed by atoms with Gasteiger partial charge in [-0.15, -0.1) is 0 Å². The molecule has 1 atom stereocenters. The number of nitrogens with one attached hydrogen (secondary N) is 1. The number of hydrogen-bond acceptors (Lipinski definition) is 4. The second-order valence-electron chi connectivity index (χ2n) is 6.86. The lowest BCUT2D eigenvalue weighted by atomic mass is 10.2. The highest BCUT2D eigenvalue weighted by atomic mass is 16.5. The van der Waals surface area contributed by atoms with Gasteiger partial charge in [0.25, 0.3) is 0 Å². The zero-order valence-corrected chi connectivity index (χ0v) is 14.9. The zero-order valence-electron chi connectivity index (χ0n) is 14.9. The number of methoxy groups -OCH3 is 1. The van der Waals surface area contributed by atoms with Gasteiger partial charge in [-0.2, -0.15) is 0 Å². The summed E-state index contributed by atoms with van der Waals surface area (Å²) in [4.78, 5) is 28.6. The first-order valence-corrected chi connectivity index (χ1v) is 9.12. The van der Waals surface area contributed by atoms with E-state index < -0.39 is 0 Å². The van der Waals surface area contributed by atoms with Crippen LogP contribution in [0, 0.1) is 0 Å². The lowest BCUT2D eigenvalue weighted by Gasteiger charge is -2.21. The van der Waals surface area contributed by atoms with Crippen LogP contribution in [-0.2, 0) is 9.59 Å². The number of ether oxygens (including phenoxy) is 1. The third-order valence-electron chi connectivity index (χ3n) is 4.94. The summed E-state index contributed by atoms with van der Waals surface area (Å²) in [6.07, 6.45) is 5.21. The first-order valence-electron chi connectivity index (χ1n) is 9.12. The molecule has 2 aliphatic rings. The van der Waals surface area contributed by atoms with E-state index >= 15 is 0 Å². The van der Waals surface area contributed by atoms with Crippen molar-refractivity contribution in [2.75, 3.05) is 38.2 Å². The highest BCUT2D eigenvalue weighted by molar-refractivity contribution is 5.97. The monoisotopic (exact) mass is 345 g/mol. The summed E-state index contributed by atoms with van der Waals surface area (Å²) >= 11 is 0. The van der Waals surface area contributed by atoms with Crippen molar-refractivity contribution in [3.8, 4) is 5.75 Å². The number of anilines is 1. The van der Waals surface area contributed by atoms with E-state index in [1.165, 1.54) is 25.7 Å². The molecule has 136 valence electrons. The van der Waals surface area contributed by atoms with Crippen molar-refractivity contribution in [2.45, 2.75) is 38.1 Å². The van der Waals surface area contributed by atoms with E-state index in [1.54, 1.807) is 12.0 Å². The van der Waals surface area contributed by atoms with Gasteiger partial charge in [0.2, 0.25) is 11.8 Å². The average molecular weight is 345 g/mol. The normalized spacial score (nSPS) is 21.9. The first kappa shape index (κ1) is 17.7. The maximum atomic E-state index is 12.3. The van der Waals surface area contributed by atoms with Gasteiger partial charge in [0.15, 0.2) is 0 Å². The Morgan fingerprint density at radius 3 is 2.48 bits per heavy atom. The van der Waals surface area contributed by atoms with Crippen molar-refractivity contribution in [2.24, 2.45) is 0 Å². The number of likely N-dealkylation sites (tertiary alicyclic amines) is 1. The Hall–Kier alpha value is -2.08. The molecule has 0 aromatic heterocycles. The van der Waals surface area contributed by atoms with Gasteiger partial charge in [-0.25, -0.2) is 0 Å². The molecule has 25 heavy (non-hydrogen) atoms. The van der Waals surface area contributed by atoms with E-state index in [0.717, 1.165) is 24.5 Å². The summed E-state index contributed by atoms with van der Waals surface area (Å²) in [7, 11) is 1.62. The molecule has 2 fully saturated rings. The topological polar surface area (TPSA) is 61.9 Å². The highest BCUT2D eigenvalue weighted by Crippen LogP contribution is 2.24. The molecule has 0 saturated carbocycles. The van der Waals surface area contributed by atoms with Crippen LogP contribution in [0.5, 0.6) is 5.75 Å². The van der Waals surface area contributed by atoms with Gasteiger partial charge in [-0.1, -0.05) is 12.8 Å². The van der Waals surface area contributed by atoms with Crippen LogP contribution >= 0.6 is 0 Å². The summed E-state index contributed by atoms with van der Waals surface area (Å²) < 4.78 is 5.15. The van der Waals surface area contributed by atoms with Gasteiger partial charge in [0.05, 0.1) is 19.7 Å². The average Bonchev–Trinajstić information content (AvgIpc) is 2.81. The van der Waals surface area contributed by atoms with E-state index in [1.807, 2.05) is 24.3 Å². The molecule has 3 rings (SSSR count). The highest BCUT2D eigenvalue weighted by Gasteiger charge is 2.31. The standard InChI is InChI=1S/C19H27N3O3/c1-25-17-8-6-16(7-9-17)22-13-15(12-19(22)24)20-18(23)14-21-10-4-2-3-5-11-21/h6-9,15H,2-5,10-14H2,1H3,(H,20,23). The van der Waals surface area contributed by atoms with Crippen LogP contribution in [0.3, 0.4) is 0 Å². The second kappa shape index (κ2) is 8.34. The van der Waals surface area contributed by atoms with Crippen LogP contribution in [0.25, 0.3) is 0 Å². The van der Waals surface area contributed by atoms with Gasteiger partial charge >= 0.3 is 0 Å². The van der Waals surface area contributed by atoms with Gasteiger partial charge in [-0.3, -0.25) is 14.5 Å². The van der Waals surface area contributed by atoms with E-state index in [9.17, 15) is 9.59 Å². The fourth-order valence-corrected chi connectivity index (χ4v) is 3.59. The molecule has 1 aromatic rings. The number of carbonyl (C=O) groups is 2. The van der Waals surface area contributed by atoms with Crippen molar-refractivity contribution in [3.05, 3.63) is 24.3 Å². The van der Waals surface area contributed by atoms with Crippen molar-refractivity contribution in [1.82, 2.24) is 10.2 Å². The summed E-state index contributed by atoms with van der Waals surface area (Å²) in [5.74, 6) is 0.833. The lowest BCUT2D eigenvalue weighted by Crippen LogP contribution is -2.43. The van der Waals surface area contributed by atoms with E-state index in [2.05, 4.69) is 10.2 Å². The summed E-state index contributed by atoms with van der Waals surface area (Å²) in [6, 6.07) is 7.31. The fraction of sp³-hybridized carbons (Fsp3) is 0.579. The predicted octanol–water partition coefficient (Wildman–Crippen LogP) is 1.79. The van der Waals surface area contributed by atoms with Crippen LogP contribution in [0.4, 0.5) is 5.69 Å². The van der Waals surface area contributed by atoms with Crippen LogP contribution in [-0.4, -0.2) is 56.0 Å².